The van der Waals surface area contributed by atoms with Crippen LogP contribution in [0.3, 0.4) is 0 Å². The Morgan fingerprint density at radius 3 is 2.20 bits per heavy atom. The first-order chi connectivity index (χ1) is 9.51. The van der Waals surface area contributed by atoms with E-state index in [4.69, 9.17) is 9.47 Å². The van der Waals surface area contributed by atoms with Gasteiger partial charge in [0.2, 0.25) is 0 Å². The van der Waals surface area contributed by atoms with Crippen molar-refractivity contribution in [3.63, 3.8) is 0 Å². The molecule has 1 rings (SSSR count). The zero-order valence-electron chi connectivity index (χ0n) is 11.2. The van der Waals surface area contributed by atoms with E-state index in [0.29, 0.717) is 16.8 Å². The average Bonchev–Trinajstić information content (AvgIpc) is 2.44. The fourth-order valence-corrected chi connectivity index (χ4v) is 2.09. The maximum Gasteiger partial charge on any atom is 0.255 e. The van der Waals surface area contributed by atoms with E-state index in [-0.39, 0.29) is 12.1 Å². The van der Waals surface area contributed by atoms with Crippen molar-refractivity contribution in [2.75, 3.05) is 32.6 Å². The molecule has 0 saturated heterocycles. The van der Waals surface area contributed by atoms with Crippen LogP contribution in [-0.4, -0.2) is 49.9 Å². The van der Waals surface area contributed by atoms with Gasteiger partial charge >= 0.3 is 0 Å². The summed E-state index contributed by atoms with van der Waals surface area (Å²) in [5.41, 5.74) is 0.253. The minimum atomic E-state index is -2.58. The van der Waals surface area contributed by atoms with Gasteiger partial charge in [0.25, 0.3) is 12.3 Å². The fraction of sp³-hybridized carbons (Fsp3) is 0.462. The highest BCUT2D eigenvalue weighted by atomic mass is 79.9. The maximum atomic E-state index is 12.5. The van der Waals surface area contributed by atoms with Gasteiger partial charge in [0, 0.05) is 23.5 Å². The van der Waals surface area contributed by atoms with Crippen LogP contribution in [0, 0.1) is 0 Å². The lowest BCUT2D eigenvalue weighted by Crippen LogP contribution is -2.36. The Hall–Kier alpha value is -1.37. The number of halogens is 3. The third-order valence-electron chi connectivity index (χ3n) is 2.60. The Balaban J connectivity index is 3.03. The smallest absolute Gasteiger partial charge is 0.255 e. The van der Waals surface area contributed by atoms with E-state index in [0.717, 1.165) is 4.90 Å². The molecule has 0 heterocycles. The van der Waals surface area contributed by atoms with Gasteiger partial charge in [-0.05, 0) is 12.1 Å². The van der Waals surface area contributed by atoms with Gasteiger partial charge in [-0.15, -0.1) is 0 Å². The van der Waals surface area contributed by atoms with Gasteiger partial charge in [0.1, 0.15) is 11.5 Å². The second-order valence-corrected chi connectivity index (χ2v) is 4.73. The van der Waals surface area contributed by atoms with Crippen LogP contribution in [0.15, 0.2) is 18.2 Å². The average molecular weight is 352 g/mol. The predicted octanol–water partition coefficient (Wildman–Crippen LogP) is 2.81. The van der Waals surface area contributed by atoms with Crippen LogP contribution in [0.5, 0.6) is 11.5 Å². The van der Waals surface area contributed by atoms with Gasteiger partial charge in [-0.1, -0.05) is 15.9 Å². The summed E-state index contributed by atoms with van der Waals surface area (Å²) in [6.07, 6.45) is -2.58. The van der Waals surface area contributed by atoms with Crippen molar-refractivity contribution < 1.29 is 23.0 Å². The first-order valence-electron chi connectivity index (χ1n) is 5.88. The molecular formula is C13H16BrF2NO3. The molecule has 0 saturated carbocycles. The molecular weight excluding hydrogens is 336 g/mol. The van der Waals surface area contributed by atoms with E-state index in [1.807, 2.05) is 0 Å². The van der Waals surface area contributed by atoms with Crippen LogP contribution in [0.4, 0.5) is 8.78 Å². The molecule has 112 valence electrons. The molecule has 0 aliphatic carbocycles. The predicted molar refractivity (Wildman–Crippen MR) is 75.2 cm³/mol. The number of carbonyl (C=O) groups excluding carboxylic acids is 1. The van der Waals surface area contributed by atoms with Gasteiger partial charge in [0.15, 0.2) is 0 Å². The number of nitrogens with zero attached hydrogens (tertiary/aromatic N) is 1. The molecule has 0 N–H and O–H groups in total. The summed E-state index contributed by atoms with van der Waals surface area (Å²) in [6.45, 7) is -0.410. The van der Waals surface area contributed by atoms with Crippen molar-refractivity contribution in [1.82, 2.24) is 4.90 Å². The van der Waals surface area contributed by atoms with Crippen LogP contribution < -0.4 is 9.47 Å². The zero-order chi connectivity index (χ0) is 15.1. The fourth-order valence-electron chi connectivity index (χ4n) is 1.66. The second-order valence-electron chi connectivity index (χ2n) is 3.93. The Morgan fingerprint density at radius 1 is 1.25 bits per heavy atom. The number of ether oxygens (including phenoxy) is 2. The third-order valence-corrected chi connectivity index (χ3v) is 2.95. The van der Waals surface area contributed by atoms with Crippen LogP contribution in [0.25, 0.3) is 0 Å². The van der Waals surface area contributed by atoms with Crippen LogP contribution in [0.2, 0.25) is 0 Å². The van der Waals surface area contributed by atoms with Crippen LogP contribution >= 0.6 is 15.9 Å². The van der Waals surface area contributed by atoms with E-state index in [1.54, 1.807) is 6.07 Å². The molecule has 1 aromatic rings. The van der Waals surface area contributed by atoms with Gasteiger partial charge in [-0.25, -0.2) is 8.78 Å². The molecule has 0 atom stereocenters. The van der Waals surface area contributed by atoms with Crippen molar-refractivity contribution >= 4 is 21.8 Å². The van der Waals surface area contributed by atoms with Crippen LogP contribution in [0.1, 0.15) is 10.4 Å². The Morgan fingerprint density at radius 2 is 1.80 bits per heavy atom. The standard InChI is InChI=1S/C13H16BrF2NO3/c1-19-10-5-9(6-11(7-10)20-2)13(18)17(4-3-14)8-12(15)16/h5-7,12H,3-4,8H2,1-2H3. The molecule has 0 aromatic heterocycles. The molecule has 0 aliphatic rings. The van der Waals surface area contributed by atoms with E-state index in [9.17, 15) is 13.6 Å². The number of amides is 1. The molecule has 7 heteroatoms. The Bertz CT molecular complexity index is 435. The quantitative estimate of drug-likeness (QED) is 0.709. The summed E-state index contributed by atoms with van der Waals surface area (Å²) < 4.78 is 35.2. The van der Waals surface area contributed by atoms with Gasteiger partial charge in [-0.3, -0.25) is 4.79 Å². The van der Waals surface area contributed by atoms with Gasteiger partial charge in [-0.2, -0.15) is 0 Å². The minimum absolute atomic E-state index is 0.197. The van der Waals surface area contributed by atoms with Crippen molar-refractivity contribution in [3.05, 3.63) is 23.8 Å². The number of hydrogen-bond donors (Lipinski definition) is 0. The summed E-state index contributed by atoms with van der Waals surface area (Å²) in [7, 11) is 2.91. The van der Waals surface area contributed by atoms with Crippen molar-refractivity contribution in [3.8, 4) is 11.5 Å². The minimum Gasteiger partial charge on any atom is -0.497 e. The largest absolute Gasteiger partial charge is 0.497 e. The highest BCUT2D eigenvalue weighted by Gasteiger charge is 2.20. The molecule has 20 heavy (non-hydrogen) atoms. The summed E-state index contributed by atoms with van der Waals surface area (Å²) >= 11 is 3.15. The topological polar surface area (TPSA) is 38.8 Å². The molecule has 0 spiro atoms. The molecule has 0 radical (unpaired) electrons. The molecule has 0 aliphatic heterocycles. The molecule has 4 nitrogen and oxygen atoms in total. The normalized spacial score (nSPS) is 10.5. The first-order valence-corrected chi connectivity index (χ1v) is 7.00. The number of benzene rings is 1. The molecule has 0 bridgehead atoms. The highest BCUT2D eigenvalue weighted by Crippen LogP contribution is 2.23. The third kappa shape index (κ3) is 4.63. The van der Waals surface area contributed by atoms with Crippen molar-refractivity contribution in [2.24, 2.45) is 0 Å². The maximum absolute atomic E-state index is 12.5. The number of carbonyl (C=O) groups is 1. The summed E-state index contributed by atoms with van der Waals surface area (Å²) in [5.74, 6) is 0.383. The lowest BCUT2D eigenvalue weighted by molar-refractivity contribution is 0.0572. The summed E-state index contributed by atoms with van der Waals surface area (Å²) in [5, 5.41) is 0.423. The van der Waals surface area contributed by atoms with E-state index in [2.05, 4.69) is 15.9 Å². The molecule has 1 aromatic carbocycles. The van der Waals surface area contributed by atoms with Crippen molar-refractivity contribution in [2.45, 2.75) is 6.43 Å². The number of methoxy groups -OCH3 is 2. The lowest BCUT2D eigenvalue weighted by atomic mass is 10.1. The van der Waals surface area contributed by atoms with Crippen molar-refractivity contribution in [1.29, 1.82) is 0 Å². The summed E-state index contributed by atoms with van der Waals surface area (Å²) in [4.78, 5) is 13.4. The molecule has 0 fully saturated rings. The van der Waals surface area contributed by atoms with Crippen LogP contribution in [-0.2, 0) is 0 Å². The van der Waals surface area contributed by atoms with Gasteiger partial charge < -0.3 is 14.4 Å². The Kier molecular flexibility index (Phi) is 6.70. The highest BCUT2D eigenvalue weighted by molar-refractivity contribution is 9.09. The molecule has 0 unspecified atom stereocenters. The lowest BCUT2D eigenvalue weighted by Gasteiger charge is -2.21. The second kappa shape index (κ2) is 8.04. The Labute approximate surface area is 124 Å². The van der Waals surface area contributed by atoms with Gasteiger partial charge in [0.05, 0.1) is 20.8 Å². The SMILES string of the molecule is COc1cc(OC)cc(C(=O)N(CCBr)CC(F)F)c1. The zero-order valence-corrected chi connectivity index (χ0v) is 12.8. The number of alkyl halides is 3. The van der Waals surface area contributed by atoms with E-state index >= 15 is 0 Å². The van der Waals surface area contributed by atoms with E-state index < -0.39 is 18.9 Å². The summed E-state index contributed by atoms with van der Waals surface area (Å²) in [6, 6.07) is 4.60. The monoisotopic (exact) mass is 351 g/mol. The molecule has 1 amide bonds. The number of hydrogen-bond acceptors (Lipinski definition) is 3. The van der Waals surface area contributed by atoms with E-state index in [1.165, 1.54) is 26.4 Å². The first kappa shape index (κ1) is 16.7. The number of rotatable bonds is 7.